The Kier molecular flexibility index (Phi) is 2.83. The van der Waals surface area contributed by atoms with Crippen molar-refractivity contribution in [2.45, 2.75) is 45.1 Å². The van der Waals surface area contributed by atoms with E-state index in [1.165, 1.54) is 24.0 Å². The first kappa shape index (κ1) is 10.7. The summed E-state index contributed by atoms with van der Waals surface area (Å²) in [6.45, 7) is 4.44. The fourth-order valence-corrected chi connectivity index (χ4v) is 2.91. The Balaban J connectivity index is 2.27. The van der Waals surface area contributed by atoms with Crippen molar-refractivity contribution >= 4 is 0 Å². The number of rotatable bonds is 2. The minimum atomic E-state index is -0.0496. The van der Waals surface area contributed by atoms with Crippen LogP contribution in [0.3, 0.4) is 0 Å². The molecular weight excluding hydrogens is 182 g/mol. The molecule has 0 aromatic heterocycles. The molecule has 1 aliphatic rings. The number of hydrogen-bond acceptors (Lipinski definition) is 1. The van der Waals surface area contributed by atoms with Gasteiger partial charge >= 0.3 is 0 Å². The van der Waals surface area contributed by atoms with E-state index in [0.29, 0.717) is 0 Å². The van der Waals surface area contributed by atoms with E-state index >= 15 is 0 Å². The van der Waals surface area contributed by atoms with Gasteiger partial charge in [-0.1, -0.05) is 37.6 Å². The Labute approximate surface area is 92.7 Å². The van der Waals surface area contributed by atoms with Crippen molar-refractivity contribution in [2.75, 3.05) is 0 Å². The summed E-state index contributed by atoms with van der Waals surface area (Å²) in [5.41, 5.74) is 9.20. The lowest BCUT2D eigenvalue weighted by molar-refractivity contribution is 0.422. The number of hydrogen-bond donors (Lipinski definition) is 1. The van der Waals surface area contributed by atoms with Gasteiger partial charge < -0.3 is 5.73 Å². The minimum absolute atomic E-state index is 0.0496. The van der Waals surface area contributed by atoms with Gasteiger partial charge in [0.25, 0.3) is 0 Å². The molecule has 2 rings (SSSR count). The van der Waals surface area contributed by atoms with Gasteiger partial charge in [-0.25, -0.2) is 0 Å². The highest BCUT2D eigenvalue weighted by Crippen LogP contribution is 2.42. The fourth-order valence-electron chi connectivity index (χ4n) is 2.91. The van der Waals surface area contributed by atoms with Gasteiger partial charge in [0.1, 0.15) is 0 Å². The molecule has 0 amide bonds. The van der Waals surface area contributed by atoms with Crippen molar-refractivity contribution < 1.29 is 0 Å². The smallest absolute Gasteiger partial charge is 0.0415 e. The summed E-state index contributed by atoms with van der Waals surface area (Å²) >= 11 is 0. The largest absolute Gasteiger partial charge is 0.321 e. The molecule has 82 valence electrons. The van der Waals surface area contributed by atoms with Crippen molar-refractivity contribution in [2.24, 2.45) is 11.7 Å². The van der Waals surface area contributed by atoms with E-state index in [2.05, 4.69) is 38.1 Å². The highest BCUT2D eigenvalue weighted by Gasteiger charge is 2.36. The Morgan fingerprint density at radius 2 is 2.13 bits per heavy atom. The second-order valence-corrected chi connectivity index (χ2v) is 4.99. The average Bonchev–Trinajstić information content (AvgIpc) is 2.62. The summed E-state index contributed by atoms with van der Waals surface area (Å²) in [6, 6.07) is 8.57. The maximum atomic E-state index is 6.55. The predicted octanol–water partition coefficient (Wildman–Crippen LogP) is 3.36. The molecule has 1 nitrogen and oxygen atoms in total. The van der Waals surface area contributed by atoms with Crippen LogP contribution in [0.25, 0.3) is 0 Å². The number of aryl methyl sites for hydroxylation is 1. The summed E-state index contributed by atoms with van der Waals surface area (Å²) in [5.74, 6) is 0.828. The Hall–Kier alpha value is -0.820. The molecular formula is C14H21N. The molecule has 1 saturated carbocycles. The molecule has 1 aliphatic carbocycles. The summed E-state index contributed by atoms with van der Waals surface area (Å²) in [6.07, 6.45) is 4.87. The molecule has 0 bridgehead atoms. The van der Waals surface area contributed by atoms with Crippen LogP contribution in [0.15, 0.2) is 24.3 Å². The third-order valence-electron chi connectivity index (χ3n) is 3.91. The highest BCUT2D eigenvalue weighted by molar-refractivity contribution is 5.33. The zero-order valence-electron chi connectivity index (χ0n) is 9.79. The van der Waals surface area contributed by atoms with Crippen LogP contribution >= 0.6 is 0 Å². The van der Waals surface area contributed by atoms with Crippen molar-refractivity contribution in [3.63, 3.8) is 0 Å². The molecule has 2 unspecified atom stereocenters. The van der Waals surface area contributed by atoms with Crippen LogP contribution in [0.4, 0.5) is 0 Å². The molecule has 1 aromatic rings. The first-order valence-corrected chi connectivity index (χ1v) is 6.00. The van der Waals surface area contributed by atoms with Crippen molar-refractivity contribution in [1.82, 2.24) is 0 Å². The second kappa shape index (κ2) is 3.97. The highest BCUT2D eigenvalue weighted by atomic mass is 14.8. The quantitative estimate of drug-likeness (QED) is 0.783. The van der Waals surface area contributed by atoms with Gasteiger partial charge in [-0.2, -0.15) is 0 Å². The van der Waals surface area contributed by atoms with Gasteiger partial charge in [0, 0.05) is 5.54 Å². The third-order valence-corrected chi connectivity index (χ3v) is 3.91. The number of benzene rings is 1. The van der Waals surface area contributed by atoms with E-state index in [4.69, 9.17) is 5.73 Å². The lowest BCUT2D eigenvalue weighted by Crippen LogP contribution is -2.34. The van der Waals surface area contributed by atoms with Gasteiger partial charge in [0.2, 0.25) is 0 Å². The molecule has 15 heavy (non-hydrogen) atoms. The first-order chi connectivity index (χ1) is 7.15. The van der Waals surface area contributed by atoms with E-state index in [0.717, 1.165) is 18.8 Å². The molecule has 0 saturated heterocycles. The Morgan fingerprint density at radius 1 is 1.40 bits per heavy atom. The predicted molar refractivity (Wildman–Crippen MR) is 64.7 cm³/mol. The Morgan fingerprint density at radius 3 is 2.73 bits per heavy atom. The summed E-state index contributed by atoms with van der Waals surface area (Å²) in [4.78, 5) is 0. The van der Waals surface area contributed by atoms with Crippen LogP contribution in [0.2, 0.25) is 0 Å². The monoisotopic (exact) mass is 203 g/mol. The summed E-state index contributed by atoms with van der Waals surface area (Å²) < 4.78 is 0. The molecule has 0 heterocycles. The van der Waals surface area contributed by atoms with Crippen molar-refractivity contribution in [3.05, 3.63) is 35.4 Å². The maximum Gasteiger partial charge on any atom is 0.0415 e. The van der Waals surface area contributed by atoms with Gasteiger partial charge in [0.05, 0.1) is 0 Å². The van der Waals surface area contributed by atoms with Crippen LogP contribution < -0.4 is 5.73 Å². The zero-order valence-corrected chi connectivity index (χ0v) is 9.79. The molecule has 1 heteroatoms. The average molecular weight is 203 g/mol. The zero-order chi connectivity index (χ0) is 10.9. The third kappa shape index (κ3) is 1.93. The standard InChI is InChI=1S/C14H21N/c1-3-12-8-9-14(15,10-12)13-7-5-4-6-11(13)2/h4-7,12H,3,8-10,15H2,1-2H3. The second-order valence-electron chi connectivity index (χ2n) is 4.99. The lowest BCUT2D eigenvalue weighted by Gasteiger charge is -2.26. The van der Waals surface area contributed by atoms with Crippen LogP contribution in [-0.2, 0) is 5.54 Å². The summed E-state index contributed by atoms with van der Waals surface area (Å²) in [7, 11) is 0. The first-order valence-electron chi connectivity index (χ1n) is 6.00. The van der Waals surface area contributed by atoms with Gasteiger partial charge in [-0.15, -0.1) is 0 Å². The molecule has 1 aromatic carbocycles. The van der Waals surface area contributed by atoms with E-state index in [9.17, 15) is 0 Å². The van der Waals surface area contributed by atoms with E-state index in [-0.39, 0.29) is 5.54 Å². The SMILES string of the molecule is CCC1CCC(N)(c2ccccc2C)C1. The topological polar surface area (TPSA) is 26.0 Å². The van der Waals surface area contributed by atoms with Gasteiger partial charge in [0.15, 0.2) is 0 Å². The lowest BCUT2D eigenvalue weighted by atomic mass is 9.85. The van der Waals surface area contributed by atoms with Gasteiger partial charge in [-0.05, 0) is 43.2 Å². The van der Waals surface area contributed by atoms with E-state index in [1.807, 2.05) is 0 Å². The van der Waals surface area contributed by atoms with Crippen LogP contribution in [0.5, 0.6) is 0 Å². The minimum Gasteiger partial charge on any atom is -0.321 e. The molecule has 0 radical (unpaired) electrons. The molecule has 0 spiro atoms. The summed E-state index contributed by atoms with van der Waals surface area (Å²) in [5, 5.41) is 0. The van der Waals surface area contributed by atoms with Crippen LogP contribution in [0, 0.1) is 12.8 Å². The van der Waals surface area contributed by atoms with E-state index < -0.39 is 0 Å². The van der Waals surface area contributed by atoms with E-state index in [1.54, 1.807) is 0 Å². The molecule has 0 aliphatic heterocycles. The Bertz CT molecular complexity index is 345. The molecule has 2 atom stereocenters. The van der Waals surface area contributed by atoms with Crippen LogP contribution in [-0.4, -0.2) is 0 Å². The normalized spacial score (nSPS) is 30.7. The van der Waals surface area contributed by atoms with Crippen molar-refractivity contribution in [3.8, 4) is 0 Å². The van der Waals surface area contributed by atoms with Gasteiger partial charge in [-0.3, -0.25) is 0 Å². The maximum absolute atomic E-state index is 6.55. The molecule has 2 N–H and O–H groups in total. The molecule has 1 fully saturated rings. The van der Waals surface area contributed by atoms with Crippen LogP contribution in [0.1, 0.15) is 43.7 Å². The fraction of sp³-hybridized carbons (Fsp3) is 0.571. The van der Waals surface area contributed by atoms with Crippen molar-refractivity contribution in [1.29, 1.82) is 0 Å². The number of nitrogens with two attached hydrogens (primary N) is 1.